The van der Waals surface area contributed by atoms with E-state index in [9.17, 15) is 13.0 Å². The average molecular weight is 453 g/mol. The Kier molecular flexibility index (Phi) is 5.37. The van der Waals surface area contributed by atoms with E-state index in [1.54, 1.807) is 0 Å². The van der Waals surface area contributed by atoms with Crippen molar-refractivity contribution in [3.8, 4) is 0 Å². The minimum Gasteiger partial charge on any atom is -0.363 e. The van der Waals surface area contributed by atoms with E-state index in [1.807, 2.05) is 19.1 Å². The Labute approximate surface area is 191 Å². The van der Waals surface area contributed by atoms with Gasteiger partial charge < -0.3 is 4.90 Å². The van der Waals surface area contributed by atoms with Crippen molar-refractivity contribution >= 4 is 33.2 Å². The topological polar surface area (TPSA) is 70.0 Å². The van der Waals surface area contributed by atoms with Crippen LogP contribution in [-0.2, 0) is 15.5 Å². The van der Waals surface area contributed by atoms with E-state index in [4.69, 9.17) is 0 Å². The average Bonchev–Trinajstić information content (AvgIpc) is 2.67. The zero-order valence-electron chi connectivity index (χ0n) is 19.7. The van der Waals surface area contributed by atoms with Crippen molar-refractivity contribution in [2.45, 2.75) is 52.5 Å². The molecule has 1 aromatic rings. The Bertz CT molecular complexity index is 1240. The number of aliphatic imine (C=N–C) groups is 1. The summed E-state index contributed by atoms with van der Waals surface area (Å²) in [5.74, 6) is -0.387. The molecule has 32 heavy (non-hydrogen) atoms. The molecule has 0 saturated heterocycles. The van der Waals surface area contributed by atoms with Crippen LogP contribution < -0.4 is 4.90 Å². The van der Waals surface area contributed by atoms with Crippen LogP contribution in [0, 0.1) is 0 Å². The second-order valence-corrected chi connectivity index (χ2v) is 11.2. The van der Waals surface area contributed by atoms with Crippen molar-refractivity contribution in [3.05, 3.63) is 64.3 Å². The lowest BCUT2D eigenvalue weighted by molar-refractivity contribution is 0.487. The van der Waals surface area contributed by atoms with E-state index in [2.05, 4.69) is 74.9 Å². The Morgan fingerprint density at radius 3 is 2.41 bits per heavy atom. The zero-order chi connectivity index (χ0) is 23.5. The van der Waals surface area contributed by atoms with Crippen LogP contribution in [0.2, 0.25) is 0 Å². The van der Waals surface area contributed by atoms with E-state index in [0.717, 1.165) is 41.2 Å². The first kappa shape index (κ1) is 22.7. The van der Waals surface area contributed by atoms with Crippen LogP contribution in [0.25, 0.3) is 11.6 Å². The van der Waals surface area contributed by atoms with E-state index >= 15 is 0 Å². The molecule has 5 nitrogen and oxygen atoms in total. The monoisotopic (exact) mass is 452 g/mol. The van der Waals surface area contributed by atoms with Gasteiger partial charge in [-0.25, -0.2) is 0 Å². The van der Waals surface area contributed by atoms with Crippen molar-refractivity contribution in [1.29, 1.82) is 0 Å². The lowest BCUT2D eigenvalue weighted by Crippen LogP contribution is -2.45. The third kappa shape index (κ3) is 3.80. The molecule has 1 N–H and O–H groups in total. The number of rotatable bonds is 4. The van der Waals surface area contributed by atoms with Crippen molar-refractivity contribution in [2.24, 2.45) is 4.99 Å². The second kappa shape index (κ2) is 7.56. The van der Waals surface area contributed by atoms with Crippen LogP contribution in [0.15, 0.2) is 52.6 Å². The molecule has 1 aliphatic heterocycles. The van der Waals surface area contributed by atoms with Crippen molar-refractivity contribution in [2.75, 3.05) is 23.7 Å². The number of hydrogen-bond donors (Lipinski definition) is 1. The van der Waals surface area contributed by atoms with Crippen LogP contribution in [0.3, 0.4) is 0 Å². The van der Waals surface area contributed by atoms with Gasteiger partial charge >= 0.3 is 0 Å². The molecular weight excluding hydrogens is 420 g/mol. The molecule has 6 heteroatoms. The Balaban J connectivity index is 1.96. The van der Waals surface area contributed by atoms with Gasteiger partial charge in [0.15, 0.2) is 0 Å². The van der Waals surface area contributed by atoms with E-state index in [-0.39, 0.29) is 16.7 Å². The Hall–Kier alpha value is -2.44. The molecule has 0 unspecified atom stereocenters. The molecule has 0 spiro atoms. The number of nitrogens with zero attached hydrogens (tertiary/aromatic N) is 2. The molecule has 0 saturated carbocycles. The highest BCUT2D eigenvalue weighted by molar-refractivity contribution is 7.86. The normalized spacial score (nSPS) is 21.9. The molecule has 4 rings (SSSR count). The van der Waals surface area contributed by atoms with Crippen molar-refractivity contribution < 1.29 is 13.0 Å². The fraction of sp³-hybridized carbons (Fsp3) is 0.423. The Morgan fingerprint density at radius 2 is 1.78 bits per heavy atom. The fourth-order valence-corrected chi connectivity index (χ4v) is 5.97. The van der Waals surface area contributed by atoms with E-state index in [1.165, 1.54) is 11.1 Å². The molecule has 170 valence electrons. The van der Waals surface area contributed by atoms with Gasteiger partial charge in [-0.2, -0.15) is 8.42 Å². The highest BCUT2D eigenvalue weighted by Crippen LogP contribution is 2.49. The Morgan fingerprint density at radius 1 is 1.06 bits per heavy atom. The molecule has 3 aliphatic rings. The predicted molar refractivity (Wildman–Crippen MR) is 134 cm³/mol. The quantitative estimate of drug-likeness (QED) is 0.637. The molecule has 0 amide bonds. The molecule has 1 heterocycles. The number of anilines is 1. The summed E-state index contributed by atoms with van der Waals surface area (Å²) >= 11 is 0. The molecule has 0 fully saturated rings. The molecule has 0 atom stereocenters. The van der Waals surface area contributed by atoms with Gasteiger partial charge in [0.1, 0.15) is 5.75 Å². The summed E-state index contributed by atoms with van der Waals surface area (Å²) in [6.45, 7) is 14.3. The van der Waals surface area contributed by atoms with Gasteiger partial charge in [-0.1, -0.05) is 26.0 Å². The minimum absolute atomic E-state index is 0.234. The van der Waals surface area contributed by atoms with Crippen molar-refractivity contribution in [3.63, 3.8) is 0 Å². The van der Waals surface area contributed by atoms with Gasteiger partial charge in [0, 0.05) is 29.8 Å². The maximum Gasteiger partial charge on any atom is 0.269 e. The predicted octanol–water partition coefficient (Wildman–Crippen LogP) is 5.21. The first-order valence-electron chi connectivity index (χ1n) is 11.2. The second-order valence-electron chi connectivity index (χ2n) is 9.77. The first-order valence-corrected chi connectivity index (χ1v) is 12.8. The van der Waals surface area contributed by atoms with Gasteiger partial charge in [-0.15, -0.1) is 0 Å². The van der Waals surface area contributed by atoms with Gasteiger partial charge in [-0.3, -0.25) is 9.55 Å². The van der Waals surface area contributed by atoms with Gasteiger partial charge in [0.25, 0.3) is 10.1 Å². The third-order valence-corrected chi connectivity index (χ3v) is 7.39. The fourth-order valence-electron chi connectivity index (χ4n) is 5.34. The molecule has 0 bridgehead atoms. The van der Waals surface area contributed by atoms with Crippen LogP contribution in [0.4, 0.5) is 5.69 Å². The molecule has 0 radical (unpaired) electrons. The molecular formula is C26H32N2O3S. The zero-order valence-corrected chi connectivity index (χ0v) is 20.5. The first-order chi connectivity index (χ1) is 14.9. The van der Waals surface area contributed by atoms with Crippen LogP contribution in [0.1, 0.15) is 58.2 Å². The summed E-state index contributed by atoms with van der Waals surface area (Å²) in [7, 11) is -4.15. The summed E-state index contributed by atoms with van der Waals surface area (Å²) < 4.78 is 33.2. The summed E-state index contributed by atoms with van der Waals surface area (Å²) in [5.41, 5.74) is 7.60. The third-order valence-electron chi connectivity index (χ3n) is 6.72. The smallest absolute Gasteiger partial charge is 0.269 e. The summed E-state index contributed by atoms with van der Waals surface area (Å²) in [6, 6.07) is 4.31. The number of hydrogen-bond acceptors (Lipinski definition) is 4. The van der Waals surface area contributed by atoms with Crippen LogP contribution >= 0.6 is 0 Å². The maximum absolute atomic E-state index is 11.8. The number of likely N-dealkylation sites (N-methyl/N-ethyl adjacent to an activating group) is 1. The lowest BCUT2D eigenvalue weighted by Gasteiger charge is -2.45. The highest BCUT2D eigenvalue weighted by atomic mass is 32.2. The van der Waals surface area contributed by atoms with E-state index in [0.29, 0.717) is 5.57 Å². The molecule has 0 aromatic heterocycles. The summed E-state index contributed by atoms with van der Waals surface area (Å²) in [5, 5.41) is 0. The lowest BCUT2D eigenvalue weighted by atomic mass is 9.67. The summed E-state index contributed by atoms with van der Waals surface area (Å²) in [6.07, 6.45) is 10.5. The SMILES string of the molecule is CC/N=C1\C=CC2=Cc3cc4c(cc3C(C)(C)C2=C1)N(CC)C(C)(C)C=C4CS(=O)(=O)O. The molecule has 1 aromatic carbocycles. The van der Waals surface area contributed by atoms with Gasteiger partial charge in [0.05, 0.1) is 11.3 Å². The van der Waals surface area contributed by atoms with Crippen LogP contribution in [0.5, 0.6) is 0 Å². The van der Waals surface area contributed by atoms with E-state index < -0.39 is 10.1 Å². The van der Waals surface area contributed by atoms with Crippen molar-refractivity contribution in [1.82, 2.24) is 0 Å². The van der Waals surface area contributed by atoms with Gasteiger partial charge in [0.2, 0.25) is 0 Å². The largest absolute Gasteiger partial charge is 0.363 e. The standard InChI is InChI=1S/C26H32N2O3S/c1-7-27-20-10-9-17-11-18-12-21-19(16-32(29,30)31)15-25(3,4)28(8-2)24(21)14-23(18)26(5,6)22(17)13-20/h9-15H,7-8,16H2,1-6H3,(H,29,30,31)/b27-20+. The highest BCUT2D eigenvalue weighted by Gasteiger charge is 2.38. The molecule has 2 aliphatic carbocycles. The number of fused-ring (bicyclic) bond motifs is 3. The number of benzene rings is 1. The maximum atomic E-state index is 11.8. The van der Waals surface area contributed by atoms with Gasteiger partial charge in [-0.05, 0) is 85.9 Å². The minimum atomic E-state index is -4.15. The summed E-state index contributed by atoms with van der Waals surface area (Å²) in [4.78, 5) is 6.88. The van der Waals surface area contributed by atoms with Crippen LogP contribution in [-0.4, -0.2) is 43.1 Å². The number of allylic oxidation sites excluding steroid dienone is 5.